The van der Waals surface area contributed by atoms with Crippen LogP contribution < -0.4 is 10.0 Å². The van der Waals surface area contributed by atoms with E-state index >= 15 is 0 Å². The molecule has 9 heteroatoms. The fraction of sp³-hybridized carbons (Fsp3) is 0.235. The third kappa shape index (κ3) is 4.24. The van der Waals surface area contributed by atoms with Crippen molar-refractivity contribution in [1.29, 1.82) is 0 Å². The number of nitrogens with zero attached hydrogens (tertiary/aromatic N) is 2. The first kappa shape index (κ1) is 19.5. The maximum Gasteiger partial charge on any atom is 0.269 e. The minimum Gasteiger partial charge on any atom is -0.368 e. The third-order valence-electron chi connectivity index (χ3n) is 4.10. The lowest BCUT2D eigenvalue weighted by Crippen LogP contribution is -2.48. The van der Waals surface area contributed by atoms with Crippen LogP contribution in [0.2, 0.25) is 0 Å². The van der Waals surface area contributed by atoms with E-state index in [9.17, 15) is 23.7 Å². The Morgan fingerprint density at radius 1 is 1.19 bits per heavy atom. The van der Waals surface area contributed by atoms with E-state index in [0.29, 0.717) is 11.3 Å². The Morgan fingerprint density at radius 3 is 2.15 bits per heavy atom. The van der Waals surface area contributed by atoms with Gasteiger partial charge in [-0.05, 0) is 24.6 Å². The summed E-state index contributed by atoms with van der Waals surface area (Å²) in [6.45, 7) is 3.54. The molecule has 3 unspecified atom stereocenters. The van der Waals surface area contributed by atoms with Crippen molar-refractivity contribution in [1.82, 2.24) is 0 Å². The summed E-state index contributed by atoms with van der Waals surface area (Å²) in [6, 6.07) is 11.3. The van der Waals surface area contributed by atoms with Gasteiger partial charge in [0.05, 0.1) is 10.6 Å². The summed E-state index contributed by atoms with van der Waals surface area (Å²) in [5, 5.41) is 10.8. The number of rotatable bonds is 7. The highest BCUT2D eigenvalue weighted by molar-refractivity contribution is 7.80. The van der Waals surface area contributed by atoms with Crippen molar-refractivity contribution in [2.24, 2.45) is 5.73 Å². The number of hydrogen-bond acceptors (Lipinski definition) is 4. The Bertz CT molecular complexity index is 823. The van der Waals surface area contributed by atoms with Crippen LogP contribution in [0.4, 0.5) is 11.4 Å². The predicted octanol–water partition coefficient (Wildman–Crippen LogP) is 2.50. The third-order valence-corrected chi connectivity index (χ3v) is 4.88. The number of primary amides is 1. The van der Waals surface area contributed by atoms with Gasteiger partial charge >= 0.3 is 0 Å². The van der Waals surface area contributed by atoms with Crippen LogP contribution in [0.3, 0.4) is 0 Å². The van der Waals surface area contributed by atoms with Crippen molar-refractivity contribution in [2.45, 2.75) is 25.8 Å². The van der Waals surface area contributed by atoms with E-state index in [-0.39, 0.29) is 5.69 Å². The van der Waals surface area contributed by atoms with Crippen LogP contribution >= 0.6 is 0 Å². The highest BCUT2D eigenvalue weighted by Crippen LogP contribution is 2.29. The number of nitro benzene ring substituents is 1. The Labute approximate surface area is 153 Å². The van der Waals surface area contributed by atoms with Crippen LogP contribution in [0, 0.1) is 17.0 Å². The van der Waals surface area contributed by atoms with E-state index in [4.69, 9.17) is 5.73 Å². The summed E-state index contributed by atoms with van der Waals surface area (Å²) in [4.78, 5) is 22.4. The zero-order valence-corrected chi connectivity index (χ0v) is 15.1. The van der Waals surface area contributed by atoms with Gasteiger partial charge < -0.3 is 5.73 Å². The summed E-state index contributed by atoms with van der Waals surface area (Å²) >= 11 is -2.49. The number of benzene rings is 2. The quantitative estimate of drug-likeness (QED) is 0.435. The van der Waals surface area contributed by atoms with E-state index in [1.165, 1.54) is 24.3 Å². The van der Waals surface area contributed by atoms with Gasteiger partial charge in [0, 0.05) is 18.1 Å². The molecule has 0 aromatic heterocycles. The van der Waals surface area contributed by atoms with Gasteiger partial charge in [-0.15, -0.1) is 0 Å². The Balaban J connectivity index is 2.44. The Morgan fingerprint density at radius 2 is 1.73 bits per heavy atom. The first-order valence-corrected chi connectivity index (χ1v) is 8.79. The topological polar surface area (TPSA) is 127 Å². The fourth-order valence-electron chi connectivity index (χ4n) is 2.69. The average molecular weight is 377 g/mol. The highest BCUT2D eigenvalue weighted by atomic mass is 32.2. The molecule has 2 aromatic carbocycles. The van der Waals surface area contributed by atoms with Crippen molar-refractivity contribution >= 4 is 28.5 Å². The molecule has 0 radical (unpaired) electrons. The SMILES string of the molecule is Cc1ccc(N(C(C(N)=O)C(C)c2ccc([N+](=O)[O-])cc2)S(=O)O)cc1. The molecule has 0 saturated heterocycles. The van der Waals surface area contributed by atoms with Gasteiger partial charge in [0.15, 0.2) is 0 Å². The zero-order chi connectivity index (χ0) is 19.4. The molecule has 138 valence electrons. The number of non-ortho nitro benzene ring substituents is 1. The molecule has 3 atom stereocenters. The van der Waals surface area contributed by atoms with Crippen molar-refractivity contribution < 1.29 is 18.5 Å². The fourth-order valence-corrected chi connectivity index (χ4v) is 3.47. The van der Waals surface area contributed by atoms with Gasteiger partial charge in [-0.25, -0.2) is 4.21 Å². The second-order valence-electron chi connectivity index (χ2n) is 5.88. The molecule has 0 aliphatic heterocycles. The molecule has 2 aromatic rings. The average Bonchev–Trinajstić information content (AvgIpc) is 2.59. The molecule has 0 aliphatic carbocycles. The van der Waals surface area contributed by atoms with Gasteiger partial charge in [0.2, 0.25) is 5.91 Å². The van der Waals surface area contributed by atoms with Crippen molar-refractivity contribution in [3.8, 4) is 0 Å². The molecule has 0 saturated carbocycles. The van der Waals surface area contributed by atoms with Crippen LogP contribution in [0.5, 0.6) is 0 Å². The van der Waals surface area contributed by atoms with E-state index in [1.807, 2.05) is 6.92 Å². The molecule has 3 N–H and O–H groups in total. The number of nitrogens with two attached hydrogens (primary N) is 1. The maximum atomic E-state index is 12.1. The molecule has 8 nitrogen and oxygen atoms in total. The summed E-state index contributed by atoms with van der Waals surface area (Å²) in [6.07, 6.45) is 0. The van der Waals surface area contributed by atoms with Gasteiger partial charge in [0.1, 0.15) is 6.04 Å². The minimum atomic E-state index is -2.49. The van der Waals surface area contributed by atoms with Crippen molar-refractivity contribution in [3.63, 3.8) is 0 Å². The van der Waals surface area contributed by atoms with Gasteiger partial charge in [-0.3, -0.25) is 23.8 Å². The summed E-state index contributed by atoms with van der Waals surface area (Å²) in [5.41, 5.74) is 7.35. The minimum absolute atomic E-state index is 0.0855. The standard InChI is InChI=1S/C17H19N3O5S/c1-11-3-7-14(8-4-11)19(26(24)25)16(17(18)21)12(2)13-5-9-15(10-6-13)20(22)23/h3-10,12,16H,1-2H3,(H2,18,21)(H,24,25). The molecule has 0 aliphatic rings. The summed E-state index contributed by atoms with van der Waals surface area (Å²) in [5.74, 6) is -1.36. The van der Waals surface area contributed by atoms with E-state index in [1.54, 1.807) is 31.2 Å². The first-order chi connectivity index (χ1) is 12.2. The summed E-state index contributed by atoms with van der Waals surface area (Å²) in [7, 11) is 0. The molecule has 26 heavy (non-hydrogen) atoms. The predicted molar refractivity (Wildman–Crippen MR) is 98.9 cm³/mol. The van der Waals surface area contributed by atoms with Gasteiger partial charge in [-0.2, -0.15) is 0 Å². The van der Waals surface area contributed by atoms with Crippen molar-refractivity contribution in [3.05, 3.63) is 69.8 Å². The lowest BCUT2D eigenvalue weighted by atomic mass is 9.92. The van der Waals surface area contributed by atoms with E-state index < -0.39 is 34.1 Å². The smallest absolute Gasteiger partial charge is 0.269 e. The molecular formula is C17H19N3O5S. The van der Waals surface area contributed by atoms with Crippen LogP contribution in [0.1, 0.15) is 24.0 Å². The molecule has 0 bridgehead atoms. The van der Waals surface area contributed by atoms with Crippen LogP contribution in [0.25, 0.3) is 0 Å². The van der Waals surface area contributed by atoms with E-state index in [2.05, 4.69) is 0 Å². The number of nitro groups is 1. The monoisotopic (exact) mass is 377 g/mol. The van der Waals surface area contributed by atoms with Gasteiger partial charge in [0.25, 0.3) is 17.0 Å². The maximum absolute atomic E-state index is 12.1. The second kappa shape index (κ2) is 8.07. The molecule has 2 rings (SSSR count). The lowest BCUT2D eigenvalue weighted by molar-refractivity contribution is -0.384. The number of aryl methyl sites for hydroxylation is 1. The first-order valence-electron chi connectivity index (χ1n) is 7.73. The highest BCUT2D eigenvalue weighted by Gasteiger charge is 2.34. The number of anilines is 1. The Hall–Kier alpha value is -2.78. The second-order valence-corrected chi connectivity index (χ2v) is 6.73. The van der Waals surface area contributed by atoms with E-state index in [0.717, 1.165) is 9.87 Å². The zero-order valence-electron chi connectivity index (χ0n) is 14.2. The summed E-state index contributed by atoms with van der Waals surface area (Å²) < 4.78 is 22.8. The van der Waals surface area contributed by atoms with Crippen LogP contribution in [-0.4, -0.2) is 25.6 Å². The van der Waals surface area contributed by atoms with Crippen LogP contribution in [-0.2, 0) is 16.1 Å². The molecule has 0 fully saturated rings. The molecule has 0 heterocycles. The number of carbonyl (C=O) groups is 1. The van der Waals surface area contributed by atoms with Crippen molar-refractivity contribution in [2.75, 3.05) is 4.31 Å². The molecule has 0 spiro atoms. The largest absolute Gasteiger partial charge is 0.368 e. The molecular weight excluding hydrogens is 358 g/mol. The lowest BCUT2D eigenvalue weighted by Gasteiger charge is -2.32. The number of hydrogen-bond donors (Lipinski definition) is 2. The number of amides is 1. The van der Waals surface area contributed by atoms with Crippen LogP contribution in [0.15, 0.2) is 48.5 Å². The van der Waals surface area contributed by atoms with Gasteiger partial charge in [-0.1, -0.05) is 36.8 Å². The number of carbonyl (C=O) groups excluding carboxylic acids is 1. The molecule has 1 amide bonds. The Kier molecular flexibility index (Phi) is 6.06. The normalized spacial score (nSPS) is 14.3.